The van der Waals surface area contributed by atoms with E-state index < -0.39 is 16.1 Å². The van der Waals surface area contributed by atoms with E-state index in [1.165, 1.54) is 25.3 Å². The third-order valence-corrected chi connectivity index (χ3v) is 6.55. The number of hydrogen-bond acceptors (Lipinski definition) is 7. The van der Waals surface area contributed by atoms with Crippen LogP contribution in [0.3, 0.4) is 0 Å². The van der Waals surface area contributed by atoms with Crippen LogP contribution in [-0.2, 0) is 19.6 Å². The summed E-state index contributed by atoms with van der Waals surface area (Å²) < 4.78 is 27.8. The SMILES string of the molecule is COC(=O)c1ccc(N2CCN(C(C)C(=O)Nc3cccc(S(N)(=O)=O)c3)C(C)C2)cc1. The van der Waals surface area contributed by atoms with Crippen molar-refractivity contribution in [3.8, 4) is 0 Å². The van der Waals surface area contributed by atoms with Gasteiger partial charge < -0.3 is 15.0 Å². The maximum absolute atomic E-state index is 12.8. The van der Waals surface area contributed by atoms with Gasteiger partial charge in [0.25, 0.3) is 0 Å². The monoisotopic (exact) mass is 460 g/mol. The van der Waals surface area contributed by atoms with E-state index in [0.717, 1.165) is 18.8 Å². The fraction of sp³-hybridized carbons (Fsp3) is 0.364. The average Bonchev–Trinajstić information content (AvgIpc) is 2.77. The first-order chi connectivity index (χ1) is 15.1. The number of nitrogens with one attached hydrogen (secondary N) is 1. The first kappa shape index (κ1) is 23.7. The molecule has 0 aliphatic carbocycles. The molecule has 1 aliphatic rings. The lowest BCUT2D eigenvalue weighted by Gasteiger charge is -2.43. The first-order valence-corrected chi connectivity index (χ1v) is 11.8. The highest BCUT2D eigenvalue weighted by Crippen LogP contribution is 2.22. The molecule has 1 fully saturated rings. The summed E-state index contributed by atoms with van der Waals surface area (Å²) in [7, 11) is -2.49. The predicted octanol–water partition coefficient (Wildman–Crippen LogP) is 1.66. The molecule has 2 atom stereocenters. The van der Waals surface area contributed by atoms with Gasteiger partial charge in [0.1, 0.15) is 0 Å². The van der Waals surface area contributed by atoms with Crippen LogP contribution in [-0.4, -0.2) is 64.0 Å². The van der Waals surface area contributed by atoms with Gasteiger partial charge in [0.2, 0.25) is 15.9 Å². The Morgan fingerprint density at radius 3 is 2.44 bits per heavy atom. The number of rotatable bonds is 6. The molecule has 0 aromatic heterocycles. The predicted molar refractivity (Wildman–Crippen MR) is 122 cm³/mol. The second-order valence-electron chi connectivity index (χ2n) is 7.81. The quantitative estimate of drug-likeness (QED) is 0.629. The molecule has 0 bridgehead atoms. The molecule has 1 aliphatic heterocycles. The Labute approximate surface area is 188 Å². The van der Waals surface area contributed by atoms with E-state index in [4.69, 9.17) is 9.88 Å². The molecular formula is C22H28N4O5S. The van der Waals surface area contributed by atoms with E-state index in [9.17, 15) is 18.0 Å². The Hall–Kier alpha value is -2.95. The molecule has 1 amide bonds. The second-order valence-corrected chi connectivity index (χ2v) is 9.37. The van der Waals surface area contributed by atoms with E-state index in [1.807, 2.05) is 19.1 Å². The molecule has 1 saturated heterocycles. The van der Waals surface area contributed by atoms with Crippen LogP contribution in [0.5, 0.6) is 0 Å². The zero-order chi connectivity index (χ0) is 23.5. The molecular weight excluding hydrogens is 432 g/mol. The average molecular weight is 461 g/mol. The van der Waals surface area contributed by atoms with Crippen LogP contribution in [0.1, 0.15) is 24.2 Å². The van der Waals surface area contributed by atoms with E-state index in [2.05, 4.69) is 22.0 Å². The number of esters is 1. The van der Waals surface area contributed by atoms with Crippen molar-refractivity contribution in [2.75, 3.05) is 37.0 Å². The largest absolute Gasteiger partial charge is 0.465 e. The highest BCUT2D eigenvalue weighted by Gasteiger charge is 2.31. The van der Waals surface area contributed by atoms with Crippen LogP contribution in [0.15, 0.2) is 53.4 Å². The summed E-state index contributed by atoms with van der Waals surface area (Å²) in [5.74, 6) is -0.594. The summed E-state index contributed by atoms with van der Waals surface area (Å²) in [6, 6.07) is 12.8. The molecule has 0 saturated carbocycles. The van der Waals surface area contributed by atoms with Gasteiger partial charge in [-0.1, -0.05) is 6.07 Å². The number of ether oxygens (including phenoxy) is 1. The number of amides is 1. The molecule has 2 aromatic rings. The number of anilines is 2. The minimum absolute atomic E-state index is 0.0526. The molecule has 9 nitrogen and oxygen atoms in total. The maximum atomic E-state index is 12.8. The molecule has 1 heterocycles. The van der Waals surface area contributed by atoms with Crippen molar-refractivity contribution in [1.29, 1.82) is 0 Å². The highest BCUT2D eigenvalue weighted by atomic mass is 32.2. The van der Waals surface area contributed by atoms with E-state index >= 15 is 0 Å². The Balaban J connectivity index is 1.62. The third-order valence-electron chi connectivity index (χ3n) is 5.64. The van der Waals surface area contributed by atoms with Gasteiger partial charge in [-0.2, -0.15) is 0 Å². The third kappa shape index (κ3) is 5.45. The van der Waals surface area contributed by atoms with Crippen LogP contribution in [0.2, 0.25) is 0 Å². The molecule has 2 unspecified atom stereocenters. The van der Waals surface area contributed by atoms with Gasteiger partial charge in [-0.15, -0.1) is 0 Å². The van der Waals surface area contributed by atoms with Gasteiger partial charge >= 0.3 is 5.97 Å². The fourth-order valence-electron chi connectivity index (χ4n) is 3.86. The molecule has 3 N–H and O–H groups in total. The Kier molecular flexibility index (Phi) is 7.17. The van der Waals surface area contributed by atoms with Gasteiger partial charge in [0, 0.05) is 37.1 Å². The summed E-state index contributed by atoms with van der Waals surface area (Å²) >= 11 is 0. The van der Waals surface area contributed by atoms with Gasteiger partial charge in [-0.3, -0.25) is 9.69 Å². The van der Waals surface area contributed by atoms with Crippen molar-refractivity contribution in [1.82, 2.24) is 4.90 Å². The molecule has 0 radical (unpaired) electrons. The number of nitrogens with zero attached hydrogens (tertiary/aromatic N) is 2. The van der Waals surface area contributed by atoms with Crippen LogP contribution >= 0.6 is 0 Å². The smallest absolute Gasteiger partial charge is 0.337 e. The molecule has 10 heteroatoms. The van der Waals surface area contributed by atoms with Crippen molar-refractivity contribution in [2.45, 2.75) is 30.8 Å². The summed E-state index contributed by atoms with van der Waals surface area (Å²) in [5.41, 5.74) is 1.88. The summed E-state index contributed by atoms with van der Waals surface area (Å²) in [5, 5.41) is 7.95. The lowest BCUT2D eigenvalue weighted by Crippen LogP contribution is -2.57. The number of hydrogen-bond donors (Lipinski definition) is 2. The molecule has 2 aromatic carbocycles. The highest BCUT2D eigenvalue weighted by molar-refractivity contribution is 7.89. The second kappa shape index (κ2) is 9.68. The van der Waals surface area contributed by atoms with Crippen LogP contribution in [0.25, 0.3) is 0 Å². The minimum atomic E-state index is -3.85. The van der Waals surface area contributed by atoms with E-state index in [1.54, 1.807) is 18.2 Å². The lowest BCUT2D eigenvalue weighted by molar-refractivity contribution is -0.121. The number of nitrogens with two attached hydrogens (primary N) is 1. The topological polar surface area (TPSA) is 122 Å². The zero-order valence-corrected chi connectivity index (χ0v) is 19.1. The number of primary sulfonamides is 1. The van der Waals surface area contributed by atoms with Crippen LogP contribution in [0.4, 0.5) is 11.4 Å². The molecule has 3 rings (SSSR count). The van der Waals surface area contributed by atoms with Gasteiger partial charge in [-0.25, -0.2) is 18.4 Å². The van der Waals surface area contributed by atoms with Crippen molar-refractivity contribution in [3.63, 3.8) is 0 Å². The van der Waals surface area contributed by atoms with Crippen molar-refractivity contribution in [2.24, 2.45) is 5.14 Å². The zero-order valence-electron chi connectivity index (χ0n) is 18.3. The van der Waals surface area contributed by atoms with E-state index in [0.29, 0.717) is 17.8 Å². The fourth-order valence-corrected chi connectivity index (χ4v) is 4.42. The van der Waals surface area contributed by atoms with Crippen LogP contribution < -0.4 is 15.4 Å². The molecule has 32 heavy (non-hydrogen) atoms. The Morgan fingerprint density at radius 2 is 1.84 bits per heavy atom. The van der Waals surface area contributed by atoms with Crippen molar-refractivity contribution in [3.05, 3.63) is 54.1 Å². The van der Waals surface area contributed by atoms with Gasteiger partial charge in [0.15, 0.2) is 0 Å². The van der Waals surface area contributed by atoms with Crippen molar-refractivity contribution < 1.29 is 22.7 Å². The number of benzene rings is 2. The Bertz CT molecular complexity index is 1090. The van der Waals surface area contributed by atoms with E-state index in [-0.39, 0.29) is 22.8 Å². The van der Waals surface area contributed by atoms with Gasteiger partial charge in [-0.05, 0) is 56.3 Å². The van der Waals surface area contributed by atoms with Gasteiger partial charge in [0.05, 0.1) is 23.6 Å². The number of piperazine rings is 1. The molecule has 0 spiro atoms. The summed E-state index contributed by atoms with van der Waals surface area (Å²) in [6.07, 6.45) is 0. The number of sulfonamides is 1. The number of carbonyl (C=O) groups is 2. The normalized spacial score (nSPS) is 18.1. The first-order valence-electron chi connectivity index (χ1n) is 10.2. The standard InChI is InChI=1S/C22H28N4O5S/c1-15-14-25(19-9-7-17(8-10-19)22(28)31-3)11-12-26(15)16(2)21(27)24-18-5-4-6-20(13-18)32(23,29)30/h4-10,13,15-16H,11-12,14H2,1-3H3,(H,24,27)(H2,23,29,30). The van der Waals surface area contributed by atoms with Crippen LogP contribution in [0, 0.1) is 0 Å². The minimum Gasteiger partial charge on any atom is -0.465 e. The molecule has 172 valence electrons. The lowest BCUT2D eigenvalue weighted by atomic mass is 10.1. The maximum Gasteiger partial charge on any atom is 0.337 e. The Morgan fingerprint density at radius 1 is 1.16 bits per heavy atom. The van der Waals surface area contributed by atoms with Crippen molar-refractivity contribution >= 4 is 33.3 Å². The number of carbonyl (C=O) groups excluding carboxylic acids is 2. The summed E-state index contributed by atoms with van der Waals surface area (Å²) in [4.78, 5) is 28.7. The summed E-state index contributed by atoms with van der Waals surface area (Å²) in [6.45, 7) is 6.00. The number of methoxy groups -OCH3 is 1.